The van der Waals surface area contributed by atoms with E-state index >= 15 is 0 Å². The number of rotatable bonds is 4. The molecule has 2 heterocycles. The van der Waals surface area contributed by atoms with E-state index in [0.717, 1.165) is 28.2 Å². The van der Waals surface area contributed by atoms with Crippen molar-refractivity contribution in [2.75, 3.05) is 0 Å². The molecule has 2 aromatic heterocycles. The van der Waals surface area contributed by atoms with E-state index in [1.807, 2.05) is 61.5 Å². The maximum atomic E-state index is 11.7. The highest BCUT2D eigenvalue weighted by atomic mass is 35.5. The van der Waals surface area contributed by atoms with Crippen LogP contribution in [0.15, 0.2) is 59.0 Å². The fourth-order valence-corrected chi connectivity index (χ4v) is 3.28. The van der Waals surface area contributed by atoms with Gasteiger partial charge in [-0.05, 0) is 61.9 Å². The van der Waals surface area contributed by atoms with Crippen molar-refractivity contribution >= 4 is 28.4 Å². The van der Waals surface area contributed by atoms with Crippen LogP contribution < -0.4 is 0 Å². The monoisotopic (exact) mass is 364 g/mol. The second kappa shape index (κ2) is 6.46. The molecule has 0 amide bonds. The Morgan fingerprint density at radius 3 is 2.69 bits per heavy atom. The third-order valence-electron chi connectivity index (χ3n) is 4.35. The molecule has 0 N–H and O–H groups in total. The van der Waals surface area contributed by atoms with Gasteiger partial charge in [0.1, 0.15) is 5.76 Å². The Balaban J connectivity index is 1.91. The van der Waals surface area contributed by atoms with Crippen LogP contribution in [-0.2, 0) is 6.54 Å². The van der Waals surface area contributed by atoms with Gasteiger partial charge in [0.05, 0.1) is 11.0 Å². The Hall–Kier alpha value is -2.85. The SMILES string of the molecule is CC(=O)c1ccc2c(c1)nc(-c1ccc(C)o1)n2Cc1cccc(Cl)c1. The van der Waals surface area contributed by atoms with Crippen molar-refractivity contribution in [3.05, 3.63) is 76.5 Å². The molecule has 0 aliphatic heterocycles. The summed E-state index contributed by atoms with van der Waals surface area (Å²) >= 11 is 6.14. The standard InChI is InChI=1S/C21H17ClN2O2/c1-13-6-9-20(26-13)21-23-18-11-16(14(2)25)7-8-19(18)24(21)12-15-4-3-5-17(22)10-15/h3-11H,12H2,1-2H3. The van der Waals surface area contributed by atoms with Gasteiger partial charge in [0.2, 0.25) is 0 Å². The molecular formula is C21H17ClN2O2. The number of aromatic nitrogens is 2. The summed E-state index contributed by atoms with van der Waals surface area (Å²) in [5.74, 6) is 2.27. The van der Waals surface area contributed by atoms with Gasteiger partial charge in [0.15, 0.2) is 17.4 Å². The summed E-state index contributed by atoms with van der Waals surface area (Å²) in [5, 5.41) is 0.696. The fourth-order valence-electron chi connectivity index (χ4n) is 3.07. The lowest BCUT2D eigenvalue weighted by molar-refractivity contribution is 0.101. The van der Waals surface area contributed by atoms with Crippen molar-refractivity contribution < 1.29 is 9.21 Å². The van der Waals surface area contributed by atoms with Crippen LogP contribution in [0.25, 0.3) is 22.6 Å². The number of ketones is 1. The molecule has 26 heavy (non-hydrogen) atoms. The molecule has 4 aromatic rings. The molecule has 0 unspecified atom stereocenters. The molecule has 130 valence electrons. The van der Waals surface area contributed by atoms with Crippen LogP contribution in [0.4, 0.5) is 0 Å². The van der Waals surface area contributed by atoms with E-state index in [4.69, 9.17) is 21.0 Å². The minimum Gasteiger partial charge on any atom is -0.458 e. The van der Waals surface area contributed by atoms with Crippen molar-refractivity contribution in [3.8, 4) is 11.6 Å². The zero-order valence-electron chi connectivity index (χ0n) is 14.5. The third kappa shape index (κ3) is 3.04. The van der Waals surface area contributed by atoms with Crippen molar-refractivity contribution in [3.63, 3.8) is 0 Å². The largest absolute Gasteiger partial charge is 0.458 e. The number of carbonyl (C=O) groups excluding carboxylic acids is 1. The molecule has 0 aliphatic carbocycles. The van der Waals surface area contributed by atoms with Crippen molar-refractivity contribution in [1.29, 1.82) is 0 Å². The number of furan rings is 1. The summed E-state index contributed by atoms with van der Waals surface area (Å²) < 4.78 is 7.89. The normalized spacial score (nSPS) is 11.2. The number of hydrogen-bond acceptors (Lipinski definition) is 3. The van der Waals surface area contributed by atoms with Crippen LogP contribution in [-0.4, -0.2) is 15.3 Å². The minimum atomic E-state index is 0.0201. The molecule has 0 aliphatic rings. The van der Waals surface area contributed by atoms with Gasteiger partial charge in [-0.15, -0.1) is 0 Å². The summed E-state index contributed by atoms with van der Waals surface area (Å²) in [6.45, 7) is 4.06. The molecule has 0 saturated heterocycles. The zero-order valence-corrected chi connectivity index (χ0v) is 15.2. The average molecular weight is 365 g/mol. The highest BCUT2D eigenvalue weighted by Gasteiger charge is 2.17. The maximum Gasteiger partial charge on any atom is 0.177 e. The van der Waals surface area contributed by atoms with Gasteiger partial charge in [-0.3, -0.25) is 4.79 Å². The number of benzene rings is 2. The molecule has 5 heteroatoms. The van der Waals surface area contributed by atoms with E-state index in [9.17, 15) is 4.79 Å². The predicted molar refractivity (Wildman–Crippen MR) is 103 cm³/mol. The number of imidazole rings is 1. The Morgan fingerprint density at radius 1 is 1.15 bits per heavy atom. The fraction of sp³-hybridized carbons (Fsp3) is 0.143. The lowest BCUT2D eigenvalue weighted by Crippen LogP contribution is -2.02. The van der Waals surface area contributed by atoms with Gasteiger partial charge in [-0.1, -0.05) is 23.7 Å². The first-order valence-electron chi connectivity index (χ1n) is 8.34. The first kappa shape index (κ1) is 16.6. The summed E-state index contributed by atoms with van der Waals surface area (Å²) in [4.78, 5) is 16.5. The van der Waals surface area contributed by atoms with E-state index in [2.05, 4.69) is 4.57 Å². The molecule has 0 bridgehead atoms. The van der Waals surface area contributed by atoms with E-state index in [0.29, 0.717) is 22.9 Å². The molecule has 0 fully saturated rings. The maximum absolute atomic E-state index is 11.7. The number of aryl methyl sites for hydroxylation is 1. The van der Waals surface area contributed by atoms with E-state index in [-0.39, 0.29) is 5.78 Å². The Morgan fingerprint density at radius 2 is 2.00 bits per heavy atom. The molecule has 2 aromatic carbocycles. The van der Waals surface area contributed by atoms with Crippen molar-refractivity contribution in [1.82, 2.24) is 9.55 Å². The van der Waals surface area contributed by atoms with Crippen LogP contribution in [0, 0.1) is 6.92 Å². The van der Waals surface area contributed by atoms with E-state index in [1.165, 1.54) is 0 Å². The quantitative estimate of drug-likeness (QED) is 0.448. The number of Topliss-reactive ketones (excluding diaryl/α,β-unsaturated/α-hetero) is 1. The molecule has 0 saturated carbocycles. The first-order valence-corrected chi connectivity index (χ1v) is 8.71. The second-order valence-corrected chi connectivity index (χ2v) is 6.76. The van der Waals surface area contributed by atoms with Crippen LogP contribution >= 0.6 is 11.6 Å². The van der Waals surface area contributed by atoms with E-state index < -0.39 is 0 Å². The van der Waals surface area contributed by atoms with Crippen LogP contribution in [0.5, 0.6) is 0 Å². The second-order valence-electron chi connectivity index (χ2n) is 6.32. The van der Waals surface area contributed by atoms with Crippen LogP contribution in [0.3, 0.4) is 0 Å². The molecule has 0 radical (unpaired) electrons. The first-order chi connectivity index (χ1) is 12.5. The predicted octanol–water partition coefficient (Wildman–Crippen LogP) is 5.51. The molecule has 0 atom stereocenters. The minimum absolute atomic E-state index is 0.0201. The molecular weight excluding hydrogens is 348 g/mol. The van der Waals surface area contributed by atoms with Gasteiger partial charge in [-0.2, -0.15) is 0 Å². The van der Waals surface area contributed by atoms with Gasteiger partial charge in [-0.25, -0.2) is 4.98 Å². The summed E-state index contributed by atoms with van der Waals surface area (Å²) in [6.07, 6.45) is 0. The average Bonchev–Trinajstić information content (AvgIpc) is 3.18. The Bertz CT molecular complexity index is 1120. The highest BCUT2D eigenvalue weighted by molar-refractivity contribution is 6.30. The lowest BCUT2D eigenvalue weighted by Gasteiger charge is -2.09. The molecule has 4 rings (SSSR count). The van der Waals surface area contributed by atoms with Gasteiger partial charge < -0.3 is 8.98 Å². The van der Waals surface area contributed by atoms with Gasteiger partial charge >= 0.3 is 0 Å². The Kier molecular flexibility index (Phi) is 4.13. The molecule has 4 nitrogen and oxygen atoms in total. The lowest BCUT2D eigenvalue weighted by atomic mass is 10.1. The highest BCUT2D eigenvalue weighted by Crippen LogP contribution is 2.28. The number of nitrogens with zero attached hydrogens (tertiary/aromatic N) is 2. The van der Waals surface area contributed by atoms with Crippen molar-refractivity contribution in [2.24, 2.45) is 0 Å². The van der Waals surface area contributed by atoms with Gasteiger partial charge in [0.25, 0.3) is 0 Å². The topological polar surface area (TPSA) is 48.0 Å². The summed E-state index contributed by atoms with van der Waals surface area (Å²) in [6, 6.07) is 17.2. The zero-order chi connectivity index (χ0) is 18.3. The third-order valence-corrected chi connectivity index (χ3v) is 4.58. The number of halogens is 1. The number of carbonyl (C=O) groups is 1. The van der Waals surface area contributed by atoms with Gasteiger partial charge in [0, 0.05) is 17.1 Å². The van der Waals surface area contributed by atoms with Crippen LogP contribution in [0.1, 0.15) is 28.6 Å². The summed E-state index contributed by atoms with van der Waals surface area (Å²) in [7, 11) is 0. The van der Waals surface area contributed by atoms with Crippen LogP contribution in [0.2, 0.25) is 5.02 Å². The molecule has 0 spiro atoms. The smallest absolute Gasteiger partial charge is 0.177 e. The Labute approximate surface area is 156 Å². The van der Waals surface area contributed by atoms with E-state index in [1.54, 1.807) is 6.92 Å². The number of fused-ring (bicyclic) bond motifs is 1. The number of hydrogen-bond donors (Lipinski definition) is 0. The summed E-state index contributed by atoms with van der Waals surface area (Å²) in [5.41, 5.74) is 3.42. The van der Waals surface area contributed by atoms with Crippen molar-refractivity contribution in [2.45, 2.75) is 20.4 Å².